The summed E-state index contributed by atoms with van der Waals surface area (Å²) in [5.74, 6) is 1.82. The highest BCUT2D eigenvalue weighted by Gasteiger charge is 2.67. The minimum atomic E-state index is -3.44. The first-order valence-electron chi connectivity index (χ1n) is 9.78. The van der Waals surface area contributed by atoms with Crippen LogP contribution in [0.1, 0.15) is 77.0 Å². The Morgan fingerprint density at radius 3 is 1.00 bits per heavy atom. The Balaban J connectivity index is 1.25. The van der Waals surface area contributed by atoms with Crippen molar-refractivity contribution >= 4 is 7.82 Å². The molecule has 0 unspecified atom stereocenters. The molecule has 0 aromatic rings. The zero-order valence-electron chi connectivity index (χ0n) is 13.8. The van der Waals surface area contributed by atoms with Gasteiger partial charge in [0.05, 0.1) is 16.8 Å². The molecule has 0 aromatic carbocycles. The van der Waals surface area contributed by atoms with Crippen molar-refractivity contribution in [2.24, 2.45) is 17.8 Å². The van der Waals surface area contributed by atoms with Crippen LogP contribution in [0.4, 0.5) is 0 Å². The molecule has 6 fully saturated rings. The molecule has 6 aliphatic rings. The maximum Gasteiger partial charge on any atom is 0.476 e. The number of rotatable bonds is 9. The highest BCUT2D eigenvalue weighted by molar-refractivity contribution is 7.48. The largest absolute Gasteiger partial charge is 0.476 e. The lowest BCUT2D eigenvalue weighted by molar-refractivity contribution is -0.00687. The zero-order chi connectivity index (χ0) is 15.3. The van der Waals surface area contributed by atoms with Crippen molar-refractivity contribution in [2.75, 3.05) is 0 Å². The molecule has 128 valence electrons. The second kappa shape index (κ2) is 4.26. The molecule has 23 heavy (non-hydrogen) atoms. The highest BCUT2D eigenvalue weighted by atomic mass is 31.2. The SMILES string of the molecule is O=P(OC1(C2CC2)CC1)(OC1(C2CC2)CC1)OC1(C2CC2)CC1. The quantitative estimate of drug-likeness (QED) is 0.557. The van der Waals surface area contributed by atoms with Crippen LogP contribution in [0.25, 0.3) is 0 Å². The van der Waals surface area contributed by atoms with Gasteiger partial charge in [-0.15, -0.1) is 0 Å². The normalized spacial score (nSPS) is 35.8. The van der Waals surface area contributed by atoms with Crippen LogP contribution in [0.2, 0.25) is 0 Å². The summed E-state index contributed by atoms with van der Waals surface area (Å²) in [6, 6.07) is 0. The van der Waals surface area contributed by atoms with Crippen LogP contribution in [-0.4, -0.2) is 16.8 Å². The maximum absolute atomic E-state index is 13.7. The fourth-order valence-corrected chi connectivity index (χ4v) is 7.09. The summed E-state index contributed by atoms with van der Waals surface area (Å²) in [6.45, 7) is 0. The summed E-state index contributed by atoms with van der Waals surface area (Å²) in [7, 11) is -3.44. The van der Waals surface area contributed by atoms with E-state index in [2.05, 4.69) is 0 Å². The summed E-state index contributed by atoms with van der Waals surface area (Å²) < 4.78 is 32.5. The van der Waals surface area contributed by atoms with Gasteiger partial charge in [0, 0.05) is 0 Å². The molecule has 5 heteroatoms. The average Bonchev–Trinajstić information content (AvgIpc) is 3.29. The topological polar surface area (TPSA) is 44.8 Å². The van der Waals surface area contributed by atoms with E-state index in [-0.39, 0.29) is 16.8 Å². The van der Waals surface area contributed by atoms with Gasteiger partial charge in [0.1, 0.15) is 0 Å². The molecule has 0 aliphatic heterocycles. The van der Waals surface area contributed by atoms with Crippen LogP contribution in [0.5, 0.6) is 0 Å². The molecular weight excluding hydrogens is 311 g/mol. The lowest BCUT2D eigenvalue weighted by atomic mass is 10.2. The van der Waals surface area contributed by atoms with E-state index in [0.29, 0.717) is 17.8 Å². The average molecular weight is 338 g/mol. The number of hydrogen-bond acceptors (Lipinski definition) is 4. The zero-order valence-corrected chi connectivity index (χ0v) is 14.7. The highest BCUT2D eigenvalue weighted by Crippen LogP contribution is 2.74. The summed E-state index contributed by atoms with van der Waals surface area (Å²) in [6.07, 6.45) is 13.6. The molecule has 0 saturated heterocycles. The molecular formula is C18H27O4P. The van der Waals surface area contributed by atoms with Crippen LogP contribution >= 0.6 is 7.82 Å². The van der Waals surface area contributed by atoms with E-state index in [1.54, 1.807) is 0 Å². The molecule has 6 rings (SSSR count). The van der Waals surface area contributed by atoms with E-state index >= 15 is 0 Å². The smallest absolute Gasteiger partial charge is 0.280 e. The number of hydrogen-bond donors (Lipinski definition) is 0. The van der Waals surface area contributed by atoms with Gasteiger partial charge < -0.3 is 0 Å². The van der Waals surface area contributed by atoms with E-state index in [0.717, 1.165) is 38.5 Å². The second-order valence-corrected chi connectivity index (χ2v) is 10.7. The monoisotopic (exact) mass is 338 g/mol. The first-order chi connectivity index (χ1) is 11.1. The molecule has 0 heterocycles. The van der Waals surface area contributed by atoms with Crippen LogP contribution in [0.15, 0.2) is 0 Å². The minimum absolute atomic E-state index is 0.158. The van der Waals surface area contributed by atoms with Crippen LogP contribution in [0.3, 0.4) is 0 Å². The Hall–Kier alpha value is 0.110. The van der Waals surface area contributed by atoms with Crippen molar-refractivity contribution in [2.45, 2.75) is 93.9 Å². The predicted octanol–water partition coefficient (Wildman–Crippen LogP) is 4.97. The molecule has 0 N–H and O–H groups in total. The number of phosphoric ester groups is 1. The fraction of sp³-hybridized carbons (Fsp3) is 1.00. The third-order valence-corrected chi connectivity index (χ3v) is 8.83. The Bertz CT molecular complexity index is 497. The van der Waals surface area contributed by atoms with Gasteiger partial charge in [-0.3, -0.25) is 13.6 Å². The van der Waals surface area contributed by atoms with Gasteiger partial charge in [0.15, 0.2) is 0 Å². The lowest BCUT2D eigenvalue weighted by Crippen LogP contribution is -2.26. The van der Waals surface area contributed by atoms with Gasteiger partial charge in [-0.25, -0.2) is 4.57 Å². The second-order valence-electron chi connectivity index (χ2n) is 9.24. The van der Waals surface area contributed by atoms with Gasteiger partial charge in [0.25, 0.3) is 0 Å². The molecule has 0 amide bonds. The molecule has 0 atom stereocenters. The van der Waals surface area contributed by atoms with Crippen molar-refractivity contribution in [3.8, 4) is 0 Å². The molecule has 0 bridgehead atoms. The fourth-order valence-electron chi connectivity index (χ4n) is 4.64. The lowest BCUT2D eigenvalue weighted by Gasteiger charge is -2.30. The summed E-state index contributed by atoms with van der Waals surface area (Å²) >= 11 is 0. The van der Waals surface area contributed by atoms with E-state index < -0.39 is 7.82 Å². The van der Waals surface area contributed by atoms with Crippen molar-refractivity contribution in [1.82, 2.24) is 0 Å². The predicted molar refractivity (Wildman–Crippen MR) is 84.9 cm³/mol. The van der Waals surface area contributed by atoms with Gasteiger partial charge in [-0.2, -0.15) is 0 Å². The van der Waals surface area contributed by atoms with Crippen molar-refractivity contribution in [1.29, 1.82) is 0 Å². The third-order valence-electron chi connectivity index (χ3n) is 7.07. The van der Waals surface area contributed by atoms with Crippen LogP contribution < -0.4 is 0 Å². The molecule has 0 radical (unpaired) electrons. The summed E-state index contributed by atoms with van der Waals surface area (Å²) in [4.78, 5) is 0. The third kappa shape index (κ3) is 2.47. The molecule has 6 aliphatic carbocycles. The van der Waals surface area contributed by atoms with Crippen LogP contribution in [0, 0.1) is 17.8 Å². The van der Waals surface area contributed by atoms with Crippen LogP contribution in [-0.2, 0) is 18.1 Å². The molecule has 0 aromatic heterocycles. The standard InChI is InChI=1S/C18H27O4P/c19-23(20-16(7-8-16)13-1-2-13,21-17(9-10-17)14-3-4-14)22-18(11-12-18)15-5-6-15/h13-15H,1-12H2. The Morgan fingerprint density at radius 1 is 0.565 bits per heavy atom. The van der Waals surface area contributed by atoms with Crippen molar-refractivity contribution in [3.63, 3.8) is 0 Å². The van der Waals surface area contributed by atoms with E-state index in [4.69, 9.17) is 13.6 Å². The maximum atomic E-state index is 13.7. The molecule has 6 saturated carbocycles. The Morgan fingerprint density at radius 2 is 0.826 bits per heavy atom. The Kier molecular flexibility index (Phi) is 2.65. The van der Waals surface area contributed by atoms with E-state index in [9.17, 15) is 4.57 Å². The van der Waals surface area contributed by atoms with Crippen molar-refractivity contribution in [3.05, 3.63) is 0 Å². The Labute approximate surface area is 138 Å². The first kappa shape index (κ1) is 14.3. The summed E-state index contributed by atoms with van der Waals surface area (Å²) in [5, 5.41) is 0. The van der Waals surface area contributed by atoms with Gasteiger partial charge in [0.2, 0.25) is 0 Å². The molecule has 4 nitrogen and oxygen atoms in total. The number of phosphoric acid groups is 1. The van der Waals surface area contributed by atoms with Gasteiger partial charge in [-0.05, 0) is 94.8 Å². The van der Waals surface area contributed by atoms with Gasteiger partial charge in [-0.1, -0.05) is 0 Å². The van der Waals surface area contributed by atoms with E-state index in [1.165, 1.54) is 38.5 Å². The summed E-state index contributed by atoms with van der Waals surface area (Å²) in [5.41, 5.74) is -0.474. The first-order valence-corrected chi connectivity index (χ1v) is 11.2. The van der Waals surface area contributed by atoms with Crippen molar-refractivity contribution < 1.29 is 18.1 Å². The van der Waals surface area contributed by atoms with E-state index in [1.807, 2.05) is 0 Å². The van der Waals surface area contributed by atoms with Gasteiger partial charge >= 0.3 is 7.82 Å². The minimum Gasteiger partial charge on any atom is -0.280 e. The molecule has 0 spiro atoms.